The number of amides is 1. The van der Waals surface area contributed by atoms with E-state index in [1.54, 1.807) is 12.1 Å². The molecule has 6 heteroatoms. The molecule has 1 unspecified atom stereocenters. The Balaban J connectivity index is 1.48. The summed E-state index contributed by atoms with van der Waals surface area (Å²) in [4.78, 5) is 24.4. The Bertz CT molecular complexity index is 975. The molecular formula is C20H19N3O3. The second kappa shape index (κ2) is 7.00. The zero-order chi connectivity index (χ0) is 17.9. The molecule has 0 spiro atoms. The standard InChI is InChI=1S/C20H19N3O3/c24-18(21-17-12-6-10-14-7-4-5-11-16(14)17)13-23-20(25)26-19(22-23)15-8-2-1-3-9-15/h1-5,7-9,11,17H,6,10,12-13H2,(H,21,24). The first kappa shape index (κ1) is 16.3. The number of carbonyl (C=O) groups is 1. The van der Waals surface area contributed by atoms with Crippen LogP contribution in [0.4, 0.5) is 0 Å². The first-order valence-corrected chi connectivity index (χ1v) is 8.71. The van der Waals surface area contributed by atoms with Gasteiger partial charge >= 0.3 is 5.76 Å². The van der Waals surface area contributed by atoms with Gasteiger partial charge in [-0.1, -0.05) is 42.5 Å². The lowest BCUT2D eigenvalue weighted by Crippen LogP contribution is -2.35. The fourth-order valence-electron chi connectivity index (χ4n) is 3.38. The van der Waals surface area contributed by atoms with E-state index in [9.17, 15) is 9.59 Å². The van der Waals surface area contributed by atoms with Crippen molar-refractivity contribution in [1.82, 2.24) is 15.1 Å². The Hall–Kier alpha value is -3.15. The quantitative estimate of drug-likeness (QED) is 0.786. The topological polar surface area (TPSA) is 77.1 Å². The largest absolute Gasteiger partial charge is 0.437 e. The van der Waals surface area contributed by atoms with Gasteiger partial charge in [0.15, 0.2) is 0 Å². The molecule has 1 N–H and O–H groups in total. The molecular weight excluding hydrogens is 330 g/mol. The van der Waals surface area contributed by atoms with Crippen molar-refractivity contribution < 1.29 is 9.21 Å². The monoisotopic (exact) mass is 349 g/mol. The molecule has 0 saturated carbocycles. The van der Waals surface area contributed by atoms with Crippen molar-refractivity contribution in [2.24, 2.45) is 0 Å². The van der Waals surface area contributed by atoms with Gasteiger partial charge in [-0.05, 0) is 42.5 Å². The Morgan fingerprint density at radius 3 is 2.77 bits per heavy atom. The highest BCUT2D eigenvalue weighted by molar-refractivity contribution is 5.76. The van der Waals surface area contributed by atoms with Crippen LogP contribution in [-0.2, 0) is 17.8 Å². The highest BCUT2D eigenvalue weighted by atomic mass is 16.4. The minimum Gasteiger partial charge on any atom is -0.388 e. The summed E-state index contributed by atoms with van der Waals surface area (Å²) < 4.78 is 6.23. The van der Waals surface area contributed by atoms with Crippen molar-refractivity contribution in [1.29, 1.82) is 0 Å². The van der Waals surface area contributed by atoms with Gasteiger partial charge in [-0.3, -0.25) is 4.79 Å². The third-order valence-corrected chi connectivity index (χ3v) is 4.63. The molecule has 0 fully saturated rings. The Morgan fingerprint density at radius 1 is 1.15 bits per heavy atom. The fraction of sp³-hybridized carbons (Fsp3) is 0.250. The predicted molar refractivity (Wildman–Crippen MR) is 96.5 cm³/mol. The molecule has 2 aromatic carbocycles. The number of nitrogens with one attached hydrogen (secondary N) is 1. The molecule has 0 aliphatic heterocycles. The molecule has 3 aromatic rings. The number of rotatable bonds is 4. The number of nitrogens with zero attached hydrogens (tertiary/aromatic N) is 2. The van der Waals surface area contributed by atoms with E-state index in [1.807, 2.05) is 30.3 Å². The molecule has 6 nitrogen and oxygen atoms in total. The van der Waals surface area contributed by atoms with E-state index in [1.165, 1.54) is 5.56 Å². The van der Waals surface area contributed by atoms with Gasteiger partial charge in [0.2, 0.25) is 11.8 Å². The van der Waals surface area contributed by atoms with Crippen molar-refractivity contribution in [3.8, 4) is 11.5 Å². The maximum Gasteiger partial charge on any atom is 0.437 e. The van der Waals surface area contributed by atoms with Gasteiger partial charge in [-0.2, -0.15) is 4.68 Å². The molecule has 1 amide bonds. The van der Waals surface area contributed by atoms with E-state index in [4.69, 9.17) is 4.42 Å². The van der Waals surface area contributed by atoms with Gasteiger partial charge in [-0.25, -0.2) is 4.79 Å². The average Bonchev–Trinajstić information content (AvgIpc) is 3.03. The number of aryl methyl sites for hydroxylation is 1. The van der Waals surface area contributed by atoms with E-state index in [0.717, 1.165) is 29.5 Å². The fourth-order valence-corrected chi connectivity index (χ4v) is 3.38. The lowest BCUT2D eigenvalue weighted by Gasteiger charge is -2.26. The maximum absolute atomic E-state index is 12.4. The summed E-state index contributed by atoms with van der Waals surface area (Å²) in [6.45, 7) is -0.159. The SMILES string of the molecule is O=C(Cn1nc(-c2ccccc2)oc1=O)NC1CCCc2ccccc21. The van der Waals surface area contributed by atoms with Crippen LogP contribution in [0, 0.1) is 0 Å². The van der Waals surface area contributed by atoms with Gasteiger partial charge in [-0.15, -0.1) is 5.10 Å². The molecule has 1 aromatic heterocycles. The molecule has 1 heterocycles. The van der Waals surface area contributed by atoms with Gasteiger partial charge < -0.3 is 9.73 Å². The lowest BCUT2D eigenvalue weighted by atomic mass is 9.88. The summed E-state index contributed by atoms with van der Waals surface area (Å²) in [5, 5.41) is 7.15. The van der Waals surface area contributed by atoms with E-state index in [2.05, 4.69) is 22.5 Å². The zero-order valence-electron chi connectivity index (χ0n) is 14.2. The van der Waals surface area contributed by atoms with Crippen molar-refractivity contribution in [3.05, 3.63) is 76.3 Å². The van der Waals surface area contributed by atoms with Crippen LogP contribution < -0.4 is 11.1 Å². The minimum atomic E-state index is -0.636. The van der Waals surface area contributed by atoms with E-state index >= 15 is 0 Å². The van der Waals surface area contributed by atoms with Crippen molar-refractivity contribution in [3.63, 3.8) is 0 Å². The second-order valence-corrected chi connectivity index (χ2v) is 6.41. The summed E-state index contributed by atoms with van der Waals surface area (Å²) in [6, 6.07) is 17.3. The summed E-state index contributed by atoms with van der Waals surface area (Å²) in [6.07, 6.45) is 2.96. The van der Waals surface area contributed by atoms with Crippen LogP contribution >= 0.6 is 0 Å². The number of aromatic nitrogens is 2. The van der Waals surface area contributed by atoms with Crippen LogP contribution in [0.5, 0.6) is 0 Å². The molecule has 132 valence electrons. The van der Waals surface area contributed by atoms with E-state index < -0.39 is 5.76 Å². The lowest BCUT2D eigenvalue weighted by molar-refractivity contribution is -0.122. The smallest absolute Gasteiger partial charge is 0.388 e. The summed E-state index contributed by atoms with van der Waals surface area (Å²) >= 11 is 0. The molecule has 1 aliphatic rings. The van der Waals surface area contributed by atoms with E-state index in [0.29, 0.717) is 5.56 Å². The highest BCUT2D eigenvalue weighted by Crippen LogP contribution is 2.29. The molecule has 1 atom stereocenters. The number of benzene rings is 2. The van der Waals surface area contributed by atoms with Crippen molar-refractivity contribution in [2.75, 3.05) is 0 Å². The molecule has 26 heavy (non-hydrogen) atoms. The van der Waals surface area contributed by atoms with Gasteiger partial charge in [0, 0.05) is 5.56 Å². The Labute approximate surface area is 150 Å². The predicted octanol–water partition coefficient (Wildman–Crippen LogP) is 2.70. The molecule has 0 radical (unpaired) electrons. The molecule has 0 bridgehead atoms. The van der Waals surface area contributed by atoms with Crippen molar-refractivity contribution >= 4 is 5.91 Å². The number of hydrogen-bond donors (Lipinski definition) is 1. The highest BCUT2D eigenvalue weighted by Gasteiger charge is 2.22. The van der Waals surface area contributed by atoms with Crippen LogP contribution in [0.3, 0.4) is 0 Å². The first-order chi connectivity index (χ1) is 12.7. The van der Waals surface area contributed by atoms with Crippen LogP contribution in [-0.4, -0.2) is 15.7 Å². The average molecular weight is 349 g/mol. The third-order valence-electron chi connectivity index (χ3n) is 4.63. The summed E-state index contributed by atoms with van der Waals surface area (Å²) in [5.74, 6) is -0.670. The van der Waals surface area contributed by atoms with Crippen LogP contribution in [0.15, 0.2) is 63.8 Å². The second-order valence-electron chi connectivity index (χ2n) is 6.41. The summed E-state index contributed by atoms with van der Waals surface area (Å²) in [7, 11) is 0. The number of hydrogen-bond acceptors (Lipinski definition) is 4. The Kier molecular flexibility index (Phi) is 4.39. The molecule has 0 saturated heterocycles. The maximum atomic E-state index is 12.4. The zero-order valence-corrected chi connectivity index (χ0v) is 14.2. The molecule has 1 aliphatic carbocycles. The number of fused-ring (bicyclic) bond motifs is 1. The van der Waals surface area contributed by atoms with Gasteiger partial charge in [0.25, 0.3) is 0 Å². The summed E-state index contributed by atoms with van der Waals surface area (Å²) in [5.41, 5.74) is 3.13. The van der Waals surface area contributed by atoms with Gasteiger partial charge in [0.05, 0.1) is 6.04 Å². The first-order valence-electron chi connectivity index (χ1n) is 8.71. The van der Waals surface area contributed by atoms with Crippen LogP contribution in [0.25, 0.3) is 11.5 Å². The van der Waals surface area contributed by atoms with Crippen LogP contribution in [0.1, 0.15) is 30.0 Å². The van der Waals surface area contributed by atoms with E-state index in [-0.39, 0.29) is 24.4 Å². The van der Waals surface area contributed by atoms with Crippen LogP contribution in [0.2, 0.25) is 0 Å². The normalized spacial score (nSPS) is 16.1. The number of carbonyl (C=O) groups excluding carboxylic acids is 1. The third kappa shape index (κ3) is 3.31. The Morgan fingerprint density at radius 2 is 1.92 bits per heavy atom. The van der Waals surface area contributed by atoms with Gasteiger partial charge in [0.1, 0.15) is 6.54 Å². The minimum absolute atomic E-state index is 0.0244. The van der Waals surface area contributed by atoms with Crippen molar-refractivity contribution in [2.45, 2.75) is 31.8 Å². The molecule has 4 rings (SSSR count).